The molecule has 0 saturated carbocycles. The van der Waals surface area contributed by atoms with E-state index in [4.69, 9.17) is 4.42 Å². The van der Waals surface area contributed by atoms with Gasteiger partial charge in [0.15, 0.2) is 5.76 Å². The smallest absolute Gasteiger partial charge is 0.291 e. The molecule has 3 rings (SSSR count). The number of furan rings is 1. The number of anilines is 1. The van der Waals surface area contributed by atoms with Gasteiger partial charge in [-0.3, -0.25) is 19.7 Å². The highest BCUT2D eigenvalue weighted by Gasteiger charge is 2.17. The lowest BCUT2D eigenvalue weighted by Gasteiger charge is -2.10. The lowest BCUT2D eigenvalue weighted by molar-refractivity contribution is -0.384. The first-order valence-corrected chi connectivity index (χ1v) is 9.09. The van der Waals surface area contributed by atoms with E-state index >= 15 is 0 Å². The first-order chi connectivity index (χ1) is 13.9. The number of hydrogen-bond donors (Lipinski definition) is 2. The average molecular weight is 456 g/mol. The number of hydrogen-bond acceptors (Lipinski definition) is 5. The maximum absolute atomic E-state index is 12.7. The Morgan fingerprint density at radius 1 is 1.03 bits per heavy atom. The Labute approximate surface area is 173 Å². The second-order valence-corrected chi connectivity index (χ2v) is 6.71. The molecule has 8 nitrogen and oxygen atoms in total. The zero-order valence-corrected chi connectivity index (χ0v) is 16.4. The number of halogens is 1. The number of carbonyl (C=O) groups is 2. The second kappa shape index (κ2) is 8.98. The highest BCUT2D eigenvalue weighted by atomic mass is 79.9. The highest BCUT2D eigenvalue weighted by molar-refractivity contribution is 9.10. The molecule has 1 heterocycles. The molecule has 0 aliphatic heterocycles. The van der Waals surface area contributed by atoms with Gasteiger partial charge in [-0.05, 0) is 48.0 Å². The van der Waals surface area contributed by atoms with E-state index in [2.05, 4.69) is 26.6 Å². The van der Waals surface area contributed by atoms with Crippen LogP contribution in [-0.4, -0.2) is 16.7 Å². The third-order valence-electron chi connectivity index (χ3n) is 3.75. The summed E-state index contributed by atoms with van der Waals surface area (Å²) in [5.74, 6) is -1.13. The fraction of sp³-hybridized carbons (Fsp3) is 0. The van der Waals surface area contributed by atoms with Crippen molar-refractivity contribution in [2.24, 2.45) is 0 Å². The quantitative estimate of drug-likeness (QED) is 0.325. The van der Waals surface area contributed by atoms with Gasteiger partial charge in [0.05, 0.1) is 11.2 Å². The molecular formula is C20H14BrN3O5. The van der Waals surface area contributed by atoms with Crippen LogP contribution in [0.2, 0.25) is 0 Å². The van der Waals surface area contributed by atoms with E-state index in [9.17, 15) is 19.7 Å². The van der Waals surface area contributed by atoms with Crippen LogP contribution < -0.4 is 10.6 Å². The molecule has 0 atom stereocenters. The largest absolute Gasteiger partial charge is 0.459 e. The summed E-state index contributed by atoms with van der Waals surface area (Å²) in [6, 6.07) is 15.5. The van der Waals surface area contributed by atoms with Gasteiger partial charge in [0.1, 0.15) is 5.70 Å². The molecule has 0 unspecified atom stereocenters. The lowest BCUT2D eigenvalue weighted by Crippen LogP contribution is -2.30. The van der Waals surface area contributed by atoms with Crippen molar-refractivity contribution >= 4 is 45.2 Å². The molecule has 0 spiro atoms. The number of non-ortho nitro benzene ring substituents is 1. The van der Waals surface area contributed by atoms with E-state index < -0.39 is 16.7 Å². The van der Waals surface area contributed by atoms with Crippen molar-refractivity contribution in [2.45, 2.75) is 0 Å². The van der Waals surface area contributed by atoms with Gasteiger partial charge in [-0.2, -0.15) is 0 Å². The zero-order valence-electron chi connectivity index (χ0n) is 14.8. The van der Waals surface area contributed by atoms with Crippen LogP contribution in [0.15, 0.2) is 81.5 Å². The number of nitro benzene ring substituents is 1. The van der Waals surface area contributed by atoms with Gasteiger partial charge in [-0.15, -0.1) is 0 Å². The van der Waals surface area contributed by atoms with Gasteiger partial charge in [0.25, 0.3) is 17.5 Å². The van der Waals surface area contributed by atoms with E-state index in [1.165, 1.54) is 42.7 Å². The van der Waals surface area contributed by atoms with Gasteiger partial charge < -0.3 is 15.1 Å². The lowest BCUT2D eigenvalue weighted by atomic mass is 10.2. The van der Waals surface area contributed by atoms with E-state index in [0.29, 0.717) is 11.3 Å². The first-order valence-electron chi connectivity index (χ1n) is 8.30. The van der Waals surface area contributed by atoms with E-state index in [0.717, 1.165) is 4.47 Å². The molecular weight excluding hydrogens is 442 g/mol. The Hall–Kier alpha value is -3.72. The molecule has 0 aliphatic rings. The van der Waals surface area contributed by atoms with Gasteiger partial charge >= 0.3 is 0 Å². The maximum atomic E-state index is 12.7. The van der Waals surface area contributed by atoms with Gasteiger partial charge in [-0.25, -0.2) is 0 Å². The predicted molar refractivity (Wildman–Crippen MR) is 110 cm³/mol. The summed E-state index contributed by atoms with van der Waals surface area (Å²) in [7, 11) is 0. The summed E-state index contributed by atoms with van der Waals surface area (Å²) in [4.78, 5) is 35.3. The number of nitrogens with one attached hydrogen (secondary N) is 2. The molecule has 9 heteroatoms. The molecule has 146 valence electrons. The number of amides is 2. The van der Waals surface area contributed by atoms with Gasteiger partial charge in [0, 0.05) is 22.3 Å². The van der Waals surface area contributed by atoms with Crippen LogP contribution in [0.25, 0.3) is 6.08 Å². The molecule has 2 aromatic carbocycles. The van der Waals surface area contributed by atoms with Crippen LogP contribution in [0.3, 0.4) is 0 Å². The maximum Gasteiger partial charge on any atom is 0.291 e. The number of nitro groups is 1. The van der Waals surface area contributed by atoms with Gasteiger partial charge in [-0.1, -0.05) is 28.1 Å². The van der Waals surface area contributed by atoms with Crippen molar-refractivity contribution in [3.8, 4) is 0 Å². The fourth-order valence-corrected chi connectivity index (χ4v) is 2.60. The SMILES string of the molecule is O=C(Nc1ccc([N+](=O)[O-])cc1)/C(=C/c1ccc(Br)cc1)NC(=O)c1ccco1. The van der Waals surface area contributed by atoms with Crippen LogP contribution in [-0.2, 0) is 4.79 Å². The minimum atomic E-state index is -0.596. The minimum absolute atomic E-state index is 0.0212. The Morgan fingerprint density at radius 3 is 2.31 bits per heavy atom. The summed E-state index contributed by atoms with van der Waals surface area (Å²) >= 11 is 3.34. The molecule has 1 aromatic heterocycles. The van der Waals surface area contributed by atoms with Crippen molar-refractivity contribution < 1.29 is 18.9 Å². The molecule has 2 amide bonds. The molecule has 3 aromatic rings. The summed E-state index contributed by atoms with van der Waals surface area (Å²) in [5, 5.41) is 15.9. The van der Waals surface area contributed by atoms with E-state index in [1.54, 1.807) is 30.3 Å². The highest BCUT2D eigenvalue weighted by Crippen LogP contribution is 2.17. The summed E-state index contributed by atoms with van der Waals surface area (Å²) < 4.78 is 5.92. The zero-order chi connectivity index (χ0) is 20.8. The molecule has 0 fully saturated rings. The fourth-order valence-electron chi connectivity index (χ4n) is 2.34. The molecule has 0 aliphatic carbocycles. The molecule has 29 heavy (non-hydrogen) atoms. The van der Waals surface area contributed by atoms with Crippen LogP contribution in [0.1, 0.15) is 16.1 Å². The number of rotatable bonds is 6. The van der Waals surface area contributed by atoms with Crippen LogP contribution in [0.5, 0.6) is 0 Å². The van der Waals surface area contributed by atoms with E-state index in [-0.39, 0.29) is 17.1 Å². The third-order valence-corrected chi connectivity index (χ3v) is 4.28. The Kier molecular flexibility index (Phi) is 6.20. The summed E-state index contributed by atoms with van der Waals surface area (Å²) in [6.07, 6.45) is 2.86. The van der Waals surface area contributed by atoms with Gasteiger partial charge in [0.2, 0.25) is 0 Å². The number of nitrogens with zero attached hydrogens (tertiary/aromatic N) is 1. The predicted octanol–water partition coefficient (Wildman–Crippen LogP) is 4.36. The molecule has 0 radical (unpaired) electrons. The van der Waals surface area contributed by atoms with Crippen molar-refractivity contribution in [2.75, 3.05) is 5.32 Å². The molecule has 0 saturated heterocycles. The van der Waals surface area contributed by atoms with Crippen molar-refractivity contribution in [3.05, 3.63) is 98.5 Å². The molecule has 0 bridgehead atoms. The normalized spacial score (nSPS) is 11.0. The Bertz CT molecular complexity index is 1060. The minimum Gasteiger partial charge on any atom is -0.459 e. The topological polar surface area (TPSA) is 114 Å². The van der Waals surface area contributed by atoms with Crippen LogP contribution in [0.4, 0.5) is 11.4 Å². The summed E-state index contributed by atoms with van der Waals surface area (Å²) in [6.45, 7) is 0. The summed E-state index contributed by atoms with van der Waals surface area (Å²) in [5.41, 5.74) is 0.906. The van der Waals surface area contributed by atoms with Crippen molar-refractivity contribution in [3.63, 3.8) is 0 Å². The Balaban J connectivity index is 1.84. The van der Waals surface area contributed by atoms with E-state index in [1.807, 2.05) is 0 Å². The number of benzene rings is 2. The van der Waals surface area contributed by atoms with Crippen LogP contribution >= 0.6 is 15.9 Å². The third kappa shape index (κ3) is 5.39. The van der Waals surface area contributed by atoms with Crippen molar-refractivity contribution in [1.29, 1.82) is 0 Å². The second-order valence-electron chi connectivity index (χ2n) is 5.80. The monoisotopic (exact) mass is 455 g/mol. The number of carbonyl (C=O) groups excluding carboxylic acids is 2. The average Bonchev–Trinajstić information content (AvgIpc) is 3.24. The molecule has 2 N–H and O–H groups in total. The van der Waals surface area contributed by atoms with Crippen molar-refractivity contribution in [1.82, 2.24) is 5.32 Å². The Morgan fingerprint density at radius 2 is 1.72 bits per heavy atom. The standard InChI is InChI=1S/C20H14BrN3O5/c21-14-5-3-13(4-6-14)12-17(23-20(26)18-2-1-11-29-18)19(25)22-15-7-9-16(10-8-15)24(27)28/h1-12H,(H,22,25)(H,23,26)/b17-12-. The first kappa shape index (κ1) is 20.0. The van der Waals surface area contributed by atoms with Crippen LogP contribution in [0, 0.1) is 10.1 Å².